The highest BCUT2D eigenvalue weighted by atomic mass is 19.1. The largest absolute Gasteiger partial charge is 0.390 e. The molecule has 3 aromatic rings. The van der Waals surface area contributed by atoms with Crippen LogP contribution in [0.3, 0.4) is 0 Å². The van der Waals surface area contributed by atoms with Gasteiger partial charge in [-0.15, -0.1) is 0 Å². The maximum atomic E-state index is 14.2. The van der Waals surface area contributed by atoms with Gasteiger partial charge in [-0.25, -0.2) is 14.4 Å². The van der Waals surface area contributed by atoms with Gasteiger partial charge in [-0.2, -0.15) is 0 Å². The third-order valence-corrected chi connectivity index (χ3v) is 5.83. The summed E-state index contributed by atoms with van der Waals surface area (Å²) in [6.45, 7) is 7.48. The number of hydrogen-bond acceptors (Lipinski definition) is 7. The molecule has 2 aromatic heterocycles. The van der Waals surface area contributed by atoms with Crippen LogP contribution in [0, 0.1) is 12.7 Å². The zero-order chi connectivity index (χ0) is 23.4. The lowest BCUT2D eigenvalue weighted by atomic mass is 9.78. The molecule has 3 heterocycles. The Morgan fingerprint density at radius 2 is 1.97 bits per heavy atom. The first-order chi connectivity index (χ1) is 16.1. The maximum Gasteiger partial charge on any atom is 0.220 e. The van der Waals surface area contributed by atoms with Crippen LogP contribution in [0.5, 0.6) is 0 Å². The summed E-state index contributed by atoms with van der Waals surface area (Å²) in [5.74, 6) is 0.00163. The van der Waals surface area contributed by atoms with Crippen molar-refractivity contribution in [2.24, 2.45) is 5.16 Å². The molecule has 0 bridgehead atoms. The molecule has 8 heteroatoms. The van der Waals surface area contributed by atoms with Gasteiger partial charge in [0.1, 0.15) is 5.82 Å². The highest BCUT2D eigenvalue weighted by Gasteiger charge is 2.31. The SMILES string of the molecule is CC.Cc1nc(N)nc2c1/C(=N/OC1CNC1)CC(c1ccc(F)cc1-c1cccnc1)C2. The first-order valence-electron chi connectivity index (χ1n) is 11.3. The number of rotatable bonds is 4. The number of oxime groups is 1. The molecule has 0 spiro atoms. The Balaban J connectivity index is 0.00000126. The topological polar surface area (TPSA) is 98.3 Å². The van der Waals surface area contributed by atoms with E-state index in [1.165, 1.54) is 6.07 Å². The Bertz CT molecular complexity index is 1150. The van der Waals surface area contributed by atoms with Crippen LogP contribution in [0.4, 0.5) is 10.3 Å². The van der Waals surface area contributed by atoms with Gasteiger partial charge >= 0.3 is 0 Å². The Labute approximate surface area is 193 Å². The van der Waals surface area contributed by atoms with Gasteiger partial charge in [0.2, 0.25) is 5.95 Å². The normalized spacial score (nSPS) is 18.7. The van der Waals surface area contributed by atoms with Gasteiger partial charge in [0.15, 0.2) is 6.10 Å². The van der Waals surface area contributed by atoms with Gasteiger partial charge in [-0.05, 0) is 48.6 Å². The Kier molecular flexibility index (Phi) is 6.93. The summed E-state index contributed by atoms with van der Waals surface area (Å²) < 4.78 is 14.2. The zero-order valence-electron chi connectivity index (χ0n) is 19.2. The van der Waals surface area contributed by atoms with Crippen molar-refractivity contribution >= 4 is 11.7 Å². The van der Waals surface area contributed by atoms with Crippen molar-refractivity contribution in [1.29, 1.82) is 0 Å². The summed E-state index contributed by atoms with van der Waals surface area (Å²) >= 11 is 0. The fraction of sp³-hybridized carbons (Fsp3) is 0.360. The second-order valence-corrected chi connectivity index (χ2v) is 7.99. The molecule has 0 amide bonds. The molecule has 1 atom stereocenters. The number of nitrogens with two attached hydrogens (primary N) is 1. The van der Waals surface area contributed by atoms with E-state index >= 15 is 0 Å². The van der Waals surface area contributed by atoms with E-state index < -0.39 is 0 Å². The average molecular weight is 449 g/mol. The minimum atomic E-state index is -0.282. The maximum absolute atomic E-state index is 14.2. The molecule has 2 aliphatic rings. The van der Waals surface area contributed by atoms with Crippen molar-refractivity contribution < 1.29 is 9.23 Å². The molecule has 0 saturated carbocycles. The quantitative estimate of drug-likeness (QED) is 0.585. The number of nitrogens with one attached hydrogen (secondary N) is 1. The van der Waals surface area contributed by atoms with Crippen LogP contribution >= 0.6 is 0 Å². The summed E-state index contributed by atoms with van der Waals surface area (Å²) in [7, 11) is 0. The summed E-state index contributed by atoms with van der Waals surface area (Å²) in [5.41, 5.74) is 12.0. The summed E-state index contributed by atoms with van der Waals surface area (Å²) in [4.78, 5) is 18.8. The first-order valence-corrected chi connectivity index (χ1v) is 11.3. The number of pyridine rings is 1. The van der Waals surface area contributed by atoms with E-state index in [0.29, 0.717) is 12.8 Å². The molecule has 172 valence electrons. The van der Waals surface area contributed by atoms with Gasteiger partial charge in [-0.1, -0.05) is 31.1 Å². The lowest BCUT2D eigenvalue weighted by molar-refractivity contribution is 0.0227. The third-order valence-electron chi connectivity index (χ3n) is 5.83. The number of fused-ring (bicyclic) bond motifs is 1. The molecule has 1 aliphatic heterocycles. The number of nitrogen functional groups attached to an aromatic ring is 1. The molecule has 33 heavy (non-hydrogen) atoms. The second kappa shape index (κ2) is 10.0. The monoisotopic (exact) mass is 448 g/mol. The fourth-order valence-corrected chi connectivity index (χ4v) is 4.25. The predicted molar refractivity (Wildman–Crippen MR) is 128 cm³/mol. The number of aromatic nitrogens is 3. The van der Waals surface area contributed by atoms with E-state index in [1.54, 1.807) is 18.5 Å². The van der Waals surface area contributed by atoms with Crippen LogP contribution in [-0.2, 0) is 11.3 Å². The Hall–Kier alpha value is -3.39. The first kappa shape index (κ1) is 22.8. The zero-order valence-corrected chi connectivity index (χ0v) is 19.2. The van der Waals surface area contributed by atoms with Crippen molar-refractivity contribution in [1.82, 2.24) is 20.3 Å². The van der Waals surface area contributed by atoms with E-state index in [0.717, 1.165) is 52.4 Å². The van der Waals surface area contributed by atoms with Crippen molar-refractivity contribution in [2.45, 2.75) is 45.6 Å². The number of benzene rings is 1. The molecular formula is C25H29FN6O. The van der Waals surface area contributed by atoms with Crippen LogP contribution in [0.15, 0.2) is 47.9 Å². The Morgan fingerprint density at radius 1 is 1.15 bits per heavy atom. The number of halogens is 1. The molecule has 5 rings (SSSR count). The minimum Gasteiger partial charge on any atom is -0.390 e. The molecule has 0 radical (unpaired) electrons. The average Bonchev–Trinajstić information content (AvgIpc) is 2.79. The van der Waals surface area contributed by atoms with Crippen molar-refractivity contribution in [3.63, 3.8) is 0 Å². The number of hydrogen-bond donors (Lipinski definition) is 2. The molecule has 3 N–H and O–H groups in total. The summed E-state index contributed by atoms with van der Waals surface area (Å²) in [6.07, 6.45) is 4.83. The van der Waals surface area contributed by atoms with Gasteiger partial charge < -0.3 is 15.9 Å². The molecular weight excluding hydrogens is 419 g/mol. The molecule has 1 aliphatic carbocycles. The predicted octanol–water partition coefficient (Wildman–Crippen LogP) is 4.02. The van der Waals surface area contributed by atoms with Crippen LogP contribution < -0.4 is 11.1 Å². The van der Waals surface area contributed by atoms with Crippen LogP contribution in [0.25, 0.3) is 11.1 Å². The minimum absolute atomic E-state index is 0.0406. The van der Waals surface area contributed by atoms with Gasteiger partial charge in [0, 0.05) is 43.0 Å². The van der Waals surface area contributed by atoms with Crippen molar-refractivity contribution in [3.05, 3.63) is 71.1 Å². The lowest BCUT2D eigenvalue weighted by Crippen LogP contribution is -2.47. The molecule has 1 unspecified atom stereocenters. The second-order valence-electron chi connectivity index (χ2n) is 7.99. The van der Waals surface area contributed by atoms with Crippen LogP contribution in [-0.4, -0.2) is 39.9 Å². The number of nitrogens with zero attached hydrogens (tertiary/aromatic N) is 4. The smallest absolute Gasteiger partial charge is 0.220 e. The summed E-state index contributed by atoms with van der Waals surface area (Å²) in [6, 6.07) is 8.70. The fourth-order valence-electron chi connectivity index (χ4n) is 4.25. The van der Waals surface area contributed by atoms with Gasteiger partial charge in [0.25, 0.3) is 0 Å². The molecule has 7 nitrogen and oxygen atoms in total. The Morgan fingerprint density at radius 3 is 2.67 bits per heavy atom. The molecule has 1 saturated heterocycles. The van der Waals surface area contributed by atoms with E-state index in [-0.39, 0.29) is 23.8 Å². The van der Waals surface area contributed by atoms with Gasteiger partial charge in [0.05, 0.1) is 17.1 Å². The van der Waals surface area contributed by atoms with Crippen LogP contribution in [0.1, 0.15) is 48.7 Å². The molecule has 1 aromatic carbocycles. The van der Waals surface area contributed by atoms with E-state index in [9.17, 15) is 4.39 Å². The van der Waals surface area contributed by atoms with E-state index in [4.69, 9.17) is 10.6 Å². The standard InChI is InChI=1S/C23H23FN6O.C2H6/c1-13-22-20(29-23(25)28-13)7-15(8-21(22)30-31-17-11-27-12-17)18-5-4-16(24)9-19(18)14-3-2-6-26-10-14;1-2/h2-6,9-10,15,17,27H,7-8,11-12H2,1H3,(H2,25,28,29);1-2H3/b30-21+;. The number of anilines is 1. The highest BCUT2D eigenvalue weighted by Crippen LogP contribution is 2.38. The van der Waals surface area contributed by atoms with Crippen molar-refractivity contribution in [3.8, 4) is 11.1 Å². The third kappa shape index (κ3) is 4.85. The molecule has 1 fully saturated rings. The van der Waals surface area contributed by atoms with Crippen molar-refractivity contribution in [2.75, 3.05) is 18.8 Å². The van der Waals surface area contributed by atoms with E-state index in [2.05, 4.69) is 25.4 Å². The lowest BCUT2D eigenvalue weighted by Gasteiger charge is -2.29. The van der Waals surface area contributed by atoms with Crippen LogP contribution in [0.2, 0.25) is 0 Å². The van der Waals surface area contributed by atoms with Gasteiger partial charge in [-0.3, -0.25) is 4.98 Å². The number of aryl methyl sites for hydroxylation is 1. The highest BCUT2D eigenvalue weighted by molar-refractivity contribution is 6.03. The summed E-state index contributed by atoms with van der Waals surface area (Å²) in [5, 5.41) is 7.68. The van der Waals surface area contributed by atoms with E-state index in [1.807, 2.05) is 39.0 Å².